The minimum absolute atomic E-state index is 0.0459. The monoisotopic (exact) mass is 267 g/mol. The molecule has 0 aromatic heterocycles. The highest BCUT2D eigenvalue weighted by atomic mass is 32.2. The zero-order chi connectivity index (χ0) is 13.5. The van der Waals surface area contributed by atoms with Gasteiger partial charge in [-0.2, -0.15) is 0 Å². The summed E-state index contributed by atoms with van der Waals surface area (Å²) in [5.41, 5.74) is 2.47. The van der Waals surface area contributed by atoms with Gasteiger partial charge in [-0.05, 0) is 32.4 Å². The minimum Gasteiger partial charge on any atom is -0.383 e. The van der Waals surface area contributed by atoms with Crippen LogP contribution in [0.25, 0.3) is 0 Å². The summed E-state index contributed by atoms with van der Waals surface area (Å²) in [4.78, 5) is 12.9. The molecule has 0 fully saturated rings. The minimum atomic E-state index is 0.0459. The van der Waals surface area contributed by atoms with Gasteiger partial charge >= 0.3 is 0 Å². The van der Waals surface area contributed by atoms with Crippen LogP contribution in [0.1, 0.15) is 18.1 Å². The van der Waals surface area contributed by atoms with E-state index in [4.69, 9.17) is 4.74 Å². The lowest BCUT2D eigenvalue weighted by molar-refractivity contribution is -0.119. The molecule has 0 unspecified atom stereocenters. The van der Waals surface area contributed by atoms with Crippen LogP contribution in [0.4, 0.5) is 0 Å². The molecule has 4 heteroatoms. The van der Waals surface area contributed by atoms with Gasteiger partial charge in [0, 0.05) is 18.0 Å². The first-order chi connectivity index (χ1) is 8.52. The molecule has 1 atom stereocenters. The number of amides is 1. The fraction of sp³-hybridized carbons (Fsp3) is 0.500. The summed E-state index contributed by atoms with van der Waals surface area (Å²) in [6.07, 6.45) is 0. The van der Waals surface area contributed by atoms with Crippen LogP contribution in [0.15, 0.2) is 23.1 Å². The maximum Gasteiger partial charge on any atom is 0.230 e. The van der Waals surface area contributed by atoms with Crippen LogP contribution in [0.2, 0.25) is 0 Å². The van der Waals surface area contributed by atoms with Crippen LogP contribution in [0.5, 0.6) is 0 Å². The molecule has 100 valence electrons. The maximum absolute atomic E-state index is 11.7. The van der Waals surface area contributed by atoms with Gasteiger partial charge in [-0.1, -0.05) is 17.7 Å². The van der Waals surface area contributed by atoms with Crippen LogP contribution in [-0.2, 0) is 9.53 Å². The van der Waals surface area contributed by atoms with Crippen molar-refractivity contribution < 1.29 is 9.53 Å². The predicted octanol–water partition coefficient (Wildman–Crippen LogP) is 2.55. The van der Waals surface area contributed by atoms with Crippen molar-refractivity contribution in [2.75, 3.05) is 19.5 Å². The van der Waals surface area contributed by atoms with Gasteiger partial charge in [-0.25, -0.2) is 0 Å². The molecule has 0 spiro atoms. The molecule has 1 N–H and O–H groups in total. The molecule has 0 heterocycles. The molecule has 3 nitrogen and oxygen atoms in total. The van der Waals surface area contributed by atoms with E-state index in [-0.39, 0.29) is 11.9 Å². The van der Waals surface area contributed by atoms with Crippen molar-refractivity contribution in [3.8, 4) is 0 Å². The first-order valence-corrected chi connectivity index (χ1v) is 7.00. The van der Waals surface area contributed by atoms with Crippen molar-refractivity contribution in [2.45, 2.75) is 31.7 Å². The van der Waals surface area contributed by atoms with Crippen molar-refractivity contribution in [1.82, 2.24) is 5.32 Å². The van der Waals surface area contributed by atoms with E-state index in [1.165, 1.54) is 11.1 Å². The number of aryl methyl sites for hydroxylation is 2. The van der Waals surface area contributed by atoms with E-state index in [0.29, 0.717) is 12.4 Å². The van der Waals surface area contributed by atoms with Crippen LogP contribution in [0.3, 0.4) is 0 Å². The second kappa shape index (κ2) is 7.44. The second-order valence-electron chi connectivity index (χ2n) is 4.48. The van der Waals surface area contributed by atoms with Gasteiger partial charge in [-0.15, -0.1) is 11.8 Å². The molecule has 0 bridgehead atoms. The van der Waals surface area contributed by atoms with E-state index in [0.717, 1.165) is 4.90 Å². The Bertz CT molecular complexity index is 407. The van der Waals surface area contributed by atoms with Gasteiger partial charge in [0.15, 0.2) is 0 Å². The van der Waals surface area contributed by atoms with Gasteiger partial charge in [0.1, 0.15) is 0 Å². The molecule has 1 amide bonds. The molecule has 0 aliphatic rings. The van der Waals surface area contributed by atoms with E-state index in [1.54, 1.807) is 18.9 Å². The molecule has 1 aromatic rings. The van der Waals surface area contributed by atoms with E-state index in [2.05, 4.69) is 37.4 Å². The average molecular weight is 267 g/mol. The average Bonchev–Trinajstić information content (AvgIpc) is 2.28. The molecular weight excluding hydrogens is 246 g/mol. The van der Waals surface area contributed by atoms with Crippen LogP contribution < -0.4 is 5.32 Å². The quantitative estimate of drug-likeness (QED) is 0.805. The lowest BCUT2D eigenvalue weighted by atomic mass is 10.2. The maximum atomic E-state index is 11.7. The summed E-state index contributed by atoms with van der Waals surface area (Å²) >= 11 is 1.57. The zero-order valence-electron chi connectivity index (χ0n) is 11.4. The highest BCUT2D eigenvalue weighted by Crippen LogP contribution is 2.22. The SMILES string of the molecule is COC[C@H](C)NC(=O)CSc1ccc(C)cc1C. The molecule has 0 saturated carbocycles. The molecule has 0 radical (unpaired) electrons. The number of methoxy groups -OCH3 is 1. The molecule has 0 aliphatic heterocycles. The van der Waals surface area contributed by atoms with Gasteiger partial charge in [0.05, 0.1) is 12.4 Å². The summed E-state index contributed by atoms with van der Waals surface area (Å²) in [7, 11) is 1.63. The van der Waals surface area contributed by atoms with Crippen LogP contribution >= 0.6 is 11.8 Å². The van der Waals surface area contributed by atoms with Gasteiger partial charge in [0.2, 0.25) is 5.91 Å². The van der Waals surface area contributed by atoms with E-state index >= 15 is 0 Å². The first-order valence-electron chi connectivity index (χ1n) is 6.01. The highest BCUT2D eigenvalue weighted by Gasteiger charge is 2.08. The molecule has 0 aliphatic carbocycles. The third-order valence-electron chi connectivity index (χ3n) is 2.51. The van der Waals surface area contributed by atoms with E-state index in [9.17, 15) is 4.79 Å². The third kappa shape index (κ3) is 5.10. The molecular formula is C14H21NO2S. The molecule has 1 aromatic carbocycles. The van der Waals surface area contributed by atoms with Crippen molar-refractivity contribution >= 4 is 17.7 Å². The Morgan fingerprint density at radius 1 is 1.44 bits per heavy atom. The number of carbonyl (C=O) groups excluding carboxylic acids is 1. The fourth-order valence-corrected chi connectivity index (χ4v) is 2.53. The number of ether oxygens (including phenoxy) is 1. The summed E-state index contributed by atoms with van der Waals surface area (Å²) in [5, 5.41) is 2.90. The van der Waals surface area contributed by atoms with Crippen molar-refractivity contribution in [2.24, 2.45) is 0 Å². The topological polar surface area (TPSA) is 38.3 Å². The third-order valence-corrected chi connectivity index (χ3v) is 3.69. The fourth-order valence-electron chi connectivity index (χ4n) is 1.71. The van der Waals surface area contributed by atoms with E-state index in [1.807, 2.05) is 6.92 Å². The Morgan fingerprint density at radius 2 is 2.17 bits per heavy atom. The lowest BCUT2D eigenvalue weighted by Crippen LogP contribution is -2.36. The van der Waals surface area contributed by atoms with Gasteiger partial charge in [0.25, 0.3) is 0 Å². The van der Waals surface area contributed by atoms with Gasteiger partial charge < -0.3 is 10.1 Å². The highest BCUT2D eigenvalue weighted by molar-refractivity contribution is 8.00. The Kier molecular flexibility index (Phi) is 6.22. The summed E-state index contributed by atoms with van der Waals surface area (Å²) in [6.45, 7) is 6.62. The number of thioether (sulfide) groups is 1. The van der Waals surface area contributed by atoms with Gasteiger partial charge in [-0.3, -0.25) is 4.79 Å². The summed E-state index contributed by atoms with van der Waals surface area (Å²) < 4.78 is 4.98. The predicted molar refractivity (Wildman–Crippen MR) is 76.1 cm³/mol. The molecule has 1 rings (SSSR count). The smallest absolute Gasteiger partial charge is 0.230 e. The Hall–Kier alpha value is -1.00. The Balaban J connectivity index is 2.42. The van der Waals surface area contributed by atoms with Crippen molar-refractivity contribution in [3.05, 3.63) is 29.3 Å². The Morgan fingerprint density at radius 3 is 2.78 bits per heavy atom. The van der Waals surface area contributed by atoms with Crippen LogP contribution in [-0.4, -0.2) is 31.4 Å². The van der Waals surface area contributed by atoms with E-state index < -0.39 is 0 Å². The number of carbonyl (C=O) groups is 1. The van der Waals surface area contributed by atoms with Crippen molar-refractivity contribution in [1.29, 1.82) is 0 Å². The largest absolute Gasteiger partial charge is 0.383 e. The van der Waals surface area contributed by atoms with Crippen molar-refractivity contribution in [3.63, 3.8) is 0 Å². The zero-order valence-corrected chi connectivity index (χ0v) is 12.3. The second-order valence-corrected chi connectivity index (χ2v) is 5.50. The standard InChI is InChI=1S/C14H21NO2S/c1-10-5-6-13(11(2)7-10)18-9-14(16)15-12(3)8-17-4/h5-7,12H,8-9H2,1-4H3,(H,15,16)/t12-/m0/s1. The number of nitrogens with one attached hydrogen (secondary N) is 1. The summed E-state index contributed by atoms with van der Waals surface area (Å²) in [5.74, 6) is 0.488. The Labute approximate surface area is 113 Å². The number of hydrogen-bond donors (Lipinski definition) is 1. The number of rotatable bonds is 6. The molecule has 0 saturated heterocycles. The number of benzene rings is 1. The normalized spacial score (nSPS) is 12.2. The first kappa shape index (κ1) is 15.1. The number of hydrogen-bond acceptors (Lipinski definition) is 3. The van der Waals surface area contributed by atoms with Crippen LogP contribution in [0, 0.1) is 13.8 Å². The lowest BCUT2D eigenvalue weighted by Gasteiger charge is -2.13. The molecule has 18 heavy (non-hydrogen) atoms. The summed E-state index contributed by atoms with van der Waals surface area (Å²) in [6, 6.07) is 6.33.